The van der Waals surface area contributed by atoms with Gasteiger partial charge in [0.05, 0.1) is 11.8 Å². The van der Waals surface area contributed by atoms with Gasteiger partial charge in [-0.25, -0.2) is 0 Å². The lowest BCUT2D eigenvalue weighted by atomic mass is 10.3. The van der Waals surface area contributed by atoms with E-state index in [0.717, 1.165) is 13.1 Å². The third-order valence-electron chi connectivity index (χ3n) is 2.06. The summed E-state index contributed by atoms with van der Waals surface area (Å²) in [4.78, 5) is 11.3. The Morgan fingerprint density at radius 2 is 2.46 bits per heavy atom. The molecule has 1 fully saturated rings. The van der Waals surface area contributed by atoms with Crippen molar-refractivity contribution < 1.29 is 4.79 Å². The maximum Gasteiger partial charge on any atom is 0.222 e. The molecule has 0 saturated carbocycles. The maximum absolute atomic E-state index is 11.3. The maximum atomic E-state index is 11.3. The predicted molar refractivity (Wildman–Crippen MR) is 56.8 cm³/mol. The van der Waals surface area contributed by atoms with Gasteiger partial charge in [0.15, 0.2) is 0 Å². The van der Waals surface area contributed by atoms with Crippen molar-refractivity contribution in [1.29, 1.82) is 0 Å². The van der Waals surface area contributed by atoms with Gasteiger partial charge >= 0.3 is 0 Å². The highest BCUT2D eigenvalue weighted by Gasteiger charge is 2.20. The molecule has 2 atom stereocenters. The second-order valence-corrected chi connectivity index (χ2v) is 4.98. The average Bonchev–Trinajstić information content (AvgIpc) is 2.04. The second kappa shape index (κ2) is 5.50. The standard InChI is InChI=1S/C9H18N2OS/c1-3-10-8(12)6-9-11-5-4-7(2)13-9/h7,9,11H,3-6H2,1-2H3,(H,10,12). The van der Waals surface area contributed by atoms with Crippen LogP contribution in [0.25, 0.3) is 0 Å². The molecule has 0 radical (unpaired) electrons. The zero-order valence-corrected chi connectivity index (χ0v) is 9.12. The van der Waals surface area contributed by atoms with Crippen LogP contribution < -0.4 is 10.6 Å². The molecule has 0 aliphatic carbocycles. The van der Waals surface area contributed by atoms with Gasteiger partial charge in [-0.1, -0.05) is 6.92 Å². The van der Waals surface area contributed by atoms with Crippen molar-refractivity contribution in [3.05, 3.63) is 0 Å². The first kappa shape index (κ1) is 10.9. The Morgan fingerprint density at radius 3 is 3.08 bits per heavy atom. The predicted octanol–water partition coefficient (Wildman–Crippen LogP) is 0.954. The molecule has 2 unspecified atom stereocenters. The fraction of sp³-hybridized carbons (Fsp3) is 0.889. The summed E-state index contributed by atoms with van der Waals surface area (Å²) in [5.41, 5.74) is 0. The zero-order valence-electron chi connectivity index (χ0n) is 8.30. The Labute approximate surface area is 84.0 Å². The van der Waals surface area contributed by atoms with E-state index in [2.05, 4.69) is 17.6 Å². The summed E-state index contributed by atoms with van der Waals surface area (Å²) in [6.45, 7) is 5.93. The minimum Gasteiger partial charge on any atom is -0.356 e. The van der Waals surface area contributed by atoms with Gasteiger partial charge in [-0.05, 0) is 19.9 Å². The highest BCUT2D eigenvalue weighted by Crippen LogP contribution is 2.24. The van der Waals surface area contributed by atoms with Crippen LogP contribution in [-0.2, 0) is 4.79 Å². The summed E-state index contributed by atoms with van der Waals surface area (Å²) in [5, 5.41) is 7.15. The molecule has 1 amide bonds. The van der Waals surface area contributed by atoms with E-state index in [1.54, 1.807) is 0 Å². The summed E-state index contributed by atoms with van der Waals surface area (Å²) in [7, 11) is 0. The molecule has 13 heavy (non-hydrogen) atoms. The number of nitrogens with one attached hydrogen (secondary N) is 2. The van der Waals surface area contributed by atoms with Crippen LogP contribution in [0.2, 0.25) is 0 Å². The lowest BCUT2D eigenvalue weighted by Gasteiger charge is -2.27. The summed E-state index contributed by atoms with van der Waals surface area (Å²) < 4.78 is 0. The zero-order chi connectivity index (χ0) is 9.68. The average molecular weight is 202 g/mol. The van der Waals surface area contributed by atoms with Crippen LogP contribution >= 0.6 is 11.8 Å². The van der Waals surface area contributed by atoms with Crippen molar-refractivity contribution >= 4 is 17.7 Å². The number of thioether (sulfide) groups is 1. The fourth-order valence-corrected chi connectivity index (χ4v) is 2.68. The highest BCUT2D eigenvalue weighted by atomic mass is 32.2. The Hall–Kier alpha value is -0.220. The summed E-state index contributed by atoms with van der Waals surface area (Å²) >= 11 is 1.87. The minimum atomic E-state index is 0.154. The topological polar surface area (TPSA) is 41.1 Å². The molecule has 0 aromatic carbocycles. The van der Waals surface area contributed by atoms with Crippen LogP contribution in [0, 0.1) is 0 Å². The molecule has 76 valence electrons. The number of rotatable bonds is 3. The van der Waals surface area contributed by atoms with E-state index in [1.165, 1.54) is 6.42 Å². The third-order valence-corrected chi connectivity index (χ3v) is 3.43. The third kappa shape index (κ3) is 4.00. The quantitative estimate of drug-likeness (QED) is 0.716. The van der Waals surface area contributed by atoms with Crippen molar-refractivity contribution in [2.45, 2.75) is 37.3 Å². The van der Waals surface area contributed by atoms with Gasteiger partial charge in [0.25, 0.3) is 0 Å². The van der Waals surface area contributed by atoms with E-state index < -0.39 is 0 Å². The molecular weight excluding hydrogens is 184 g/mol. The first-order valence-electron chi connectivity index (χ1n) is 4.88. The number of carbonyl (C=O) groups excluding carboxylic acids is 1. The highest BCUT2D eigenvalue weighted by molar-refractivity contribution is 8.00. The van der Waals surface area contributed by atoms with Gasteiger partial charge in [-0.3, -0.25) is 4.79 Å². The first-order valence-corrected chi connectivity index (χ1v) is 5.82. The SMILES string of the molecule is CCNC(=O)CC1NCCC(C)S1. The molecule has 2 N–H and O–H groups in total. The Balaban J connectivity index is 2.23. The van der Waals surface area contributed by atoms with E-state index in [1.807, 2.05) is 18.7 Å². The van der Waals surface area contributed by atoms with Gasteiger partial charge in [0.1, 0.15) is 0 Å². The van der Waals surface area contributed by atoms with Crippen molar-refractivity contribution in [2.24, 2.45) is 0 Å². The summed E-state index contributed by atoms with van der Waals surface area (Å²) in [5.74, 6) is 0.154. The smallest absolute Gasteiger partial charge is 0.222 e. The van der Waals surface area contributed by atoms with Crippen molar-refractivity contribution in [3.63, 3.8) is 0 Å². The van der Waals surface area contributed by atoms with Crippen molar-refractivity contribution in [1.82, 2.24) is 10.6 Å². The molecule has 1 rings (SSSR count). The van der Waals surface area contributed by atoms with Gasteiger partial charge in [-0.15, -0.1) is 11.8 Å². The first-order chi connectivity index (χ1) is 6.22. The lowest BCUT2D eigenvalue weighted by Crippen LogP contribution is -2.39. The normalized spacial score (nSPS) is 28.5. The molecule has 1 heterocycles. The number of carbonyl (C=O) groups is 1. The van der Waals surface area contributed by atoms with E-state index in [-0.39, 0.29) is 5.91 Å². The molecular formula is C9H18N2OS. The van der Waals surface area contributed by atoms with Gasteiger partial charge < -0.3 is 10.6 Å². The van der Waals surface area contributed by atoms with Crippen LogP contribution in [0.3, 0.4) is 0 Å². The lowest BCUT2D eigenvalue weighted by molar-refractivity contribution is -0.121. The summed E-state index contributed by atoms with van der Waals surface area (Å²) in [6, 6.07) is 0. The molecule has 0 bridgehead atoms. The van der Waals surface area contributed by atoms with Gasteiger partial charge in [0, 0.05) is 11.8 Å². The Morgan fingerprint density at radius 1 is 1.69 bits per heavy atom. The van der Waals surface area contributed by atoms with E-state index in [9.17, 15) is 4.79 Å². The number of hydrogen-bond acceptors (Lipinski definition) is 3. The molecule has 0 aromatic heterocycles. The molecule has 0 aromatic rings. The molecule has 0 spiro atoms. The van der Waals surface area contributed by atoms with E-state index in [0.29, 0.717) is 17.0 Å². The van der Waals surface area contributed by atoms with Gasteiger partial charge in [-0.2, -0.15) is 0 Å². The van der Waals surface area contributed by atoms with Gasteiger partial charge in [0.2, 0.25) is 5.91 Å². The van der Waals surface area contributed by atoms with Crippen LogP contribution in [0.15, 0.2) is 0 Å². The van der Waals surface area contributed by atoms with Crippen molar-refractivity contribution in [3.8, 4) is 0 Å². The molecule has 1 aliphatic heterocycles. The van der Waals surface area contributed by atoms with Crippen LogP contribution in [-0.4, -0.2) is 29.6 Å². The van der Waals surface area contributed by atoms with Crippen LogP contribution in [0.5, 0.6) is 0 Å². The Kier molecular flexibility index (Phi) is 4.59. The van der Waals surface area contributed by atoms with Crippen LogP contribution in [0.4, 0.5) is 0 Å². The molecule has 4 heteroatoms. The molecule has 1 aliphatic rings. The number of hydrogen-bond donors (Lipinski definition) is 2. The summed E-state index contributed by atoms with van der Waals surface area (Å²) in [6.07, 6.45) is 1.80. The monoisotopic (exact) mass is 202 g/mol. The fourth-order valence-electron chi connectivity index (χ4n) is 1.40. The van der Waals surface area contributed by atoms with E-state index in [4.69, 9.17) is 0 Å². The largest absolute Gasteiger partial charge is 0.356 e. The van der Waals surface area contributed by atoms with Crippen LogP contribution in [0.1, 0.15) is 26.7 Å². The van der Waals surface area contributed by atoms with E-state index >= 15 is 0 Å². The minimum absolute atomic E-state index is 0.154. The number of amides is 1. The second-order valence-electron chi connectivity index (χ2n) is 3.34. The Bertz CT molecular complexity index is 175. The van der Waals surface area contributed by atoms with Crippen molar-refractivity contribution in [2.75, 3.05) is 13.1 Å². The molecule has 3 nitrogen and oxygen atoms in total. The molecule has 1 saturated heterocycles.